The zero-order chi connectivity index (χ0) is 26.6. The lowest BCUT2D eigenvalue weighted by molar-refractivity contribution is -0.144. The van der Waals surface area contributed by atoms with E-state index in [1.165, 1.54) is 30.4 Å². The van der Waals surface area contributed by atoms with E-state index in [-0.39, 0.29) is 28.8 Å². The van der Waals surface area contributed by atoms with Crippen LogP contribution in [0.2, 0.25) is 0 Å². The predicted molar refractivity (Wildman–Crippen MR) is 111 cm³/mol. The van der Waals surface area contributed by atoms with Crippen molar-refractivity contribution in [2.45, 2.75) is 17.2 Å². The number of imide groups is 1. The fraction of sp³-hybridized carbons (Fsp3) is 0.0909. The van der Waals surface area contributed by atoms with Crippen LogP contribution in [0.1, 0.15) is 21.5 Å². The summed E-state index contributed by atoms with van der Waals surface area (Å²) in [6.07, 6.45) is -7.29. The highest BCUT2D eigenvalue weighted by molar-refractivity contribution is 7.86. The largest absolute Gasteiger partial charge is 0.416 e. The average molecular weight is 519 g/mol. The minimum Gasteiger partial charge on any atom is -0.266 e. The van der Waals surface area contributed by atoms with E-state index in [0.29, 0.717) is 0 Å². The van der Waals surface area contributed by atoms with Crippen LogP contribution in [0.4, 0.5) is 26.3 Å². The standard InChI is InChI=1S/C22H15F6NO5S/c1-3-4-8-14(2)19(30)29(20(31)15-9-6-5-7-10-15)34-35(32,33)18-12-16(21(23,24)25)11-17(13-18)22(26,27)28/h3-13H,1-2H2/b8-4-. The fourth-order valence-electron chi connectivity index (χ4n) is 2.46. The monoisotopic (exact) mass is 519 g/mol. The van der Waals surface area contributed by atoms with Crippen LogP contribution in [0.5, 0.6) is 0 Å². The van der Waals surface area contributed by atoms with Gasteiger partial charge in [-0.15, -0.1) is 9.35 Å². The number of nitrogens with zero attached hydrogens (tertiary/aromatic N) is 1. The van der Waals surface area contributed by atoms with Crippen molar-refractivity contribution >= 4 is 21.9 Å². The molecule has 2 rings (SSSR count). The first-order valence-electron chi connectivity index (χ1n) is 9.24. The van der Waals surface area contributed by atoms with Crippen LogP contribution >= 0.6 is 0 Å². The molecule has 35 heavy (non-hydrogen) atoms. The normalized spacial score (nSPS) is 12.4. The summed E-state index contributed by atoms with van der Waals surface area (Å²) >= 11 is 0. The van der Waals surface area contributed by atoms with Gasteiger partial charge in [0, 0.05) is 11.1 Å². The Morgan fingerprint density at radius 3 is 1.89 bits per heavy atom. The first-order chi connectivity index (χ1) is 16.1. The van der Waals surface area contributed by atoms with Crippen molar-refractivity contribution in [2.24, 2.45) is 0 Å². The van der Waals surface area contributed by atoms with Gasteiger partial charge in [-0.1, -0.05) is 43.5 Å². The molecule has 0 saturated heterocycles. The molecule has 0 atom stereocenters. The summed E-state index contributed by atoms with van der Waals surface area (Å²) in [5.41, 5.74) is -4.68. The Bertz CT molecular complexity index is 1250. The van der Waals surface area contributed by atoms with Crippen molar-refractivity contribution in [3.05, 3.63) is 102 Å². The van der Waals surface area contributed by atoms with Crippen molar-refractivity contribution in [2.75, 3.05) is 0 Å². The molecule has 0 spiro atoms. The number of allylic oxidation sites excluding steroid dienone is 2. The highest BCUT2D eigenvalue weighted by Crippen LogP contribution is 2.37. The maximum absolute atomic E-state index is 13.1. The van der Waals surface area contributed by atoms with E-state index < -0.39 is 55.9 Å². The summed E-state index contributed by atoms with van der Waals surface area (Å²) in [4.78, 5) is 23.9. The summed E-state index contributed by atoms with van der Waals surface area (Å²) in [7, 11) is -5.58. The third-order valence-electron chi connectivity index (χ3n) is 4.12. The molecule has 2 aromatic carbocycles. The molecule has 2 aromatic rings. The van der Waals surface area contributed by atoms with Crippen LogP contribution in [0, 0.1) is 0 Å². The van der Waals surface area contributed by atoms with Gasteiger partial charge in [0.1, 0.15) is 0 Å². The van der Waals surface area contributed by atoms with E-state index in [1.807, 2.05) is 0 Å². The van der Waals surface area contributed by atoms with Gasteiger partial charge in [-0.25, -0.2) is 0 Å². The number of rotatable bonds is 7. The number of hydrogen-bond donors (Lipinski definition) is 0. The Hall–Kier alpha value is -3.71. The van der Waals surface area contributed by atoms with Gasteiger partial charge >= 0.3 is 22.5 Å². The molecule has 0 aliphatic carbocycles. The molecule has 0 bridgehead atoms. The zero-order valence-corrected chi connectivity index (χ0v) is 18.2. The lowest BCUT2D eigenvalue weighted by Gasteiger charge is -2.20. The second-order valence-electron chi connectivity index (χ2n) is 6.66. The molecular weight excluding hydrogens is 504 g/mol. The second-order valence-corrected chi connectivity index (χ2v) is 8.19. The van der Waals surface area contributed by atoms with E-state index in [9.17, 15) is 44.3 Å². The summed E-state index contributed by atoms with van der Waals surface area (Å²) in [6, 6.07) is 5.96. The van der Waals surface area contributed by atoms with Crippen molar-refractivity contribution in [3.8, 4) is 0 Å². The van der Waals surface area contributed by atoms with Gasteiger partial charge in [0.05, 0.1) is 16.0 Å². The maximum atomic E-state index is 13.1. The summed E-state index contributed by atoms with van der Waals surface area (Å²) in [5, 5.41) is -0.325. The molecule has 0 radical (unpaired) electrons. The smallest absolute Gasteiger partial charge is 0.266 e. The molecule has 186 valence electrons. The molecule has 0 aliphatic rings. The first-order valence-corrected chi connectivity index (χ1v) is 10.6. The molecule has 6 nitrogen and oxygen atoms in total. The summed E-state index contributed by atoms with van der Waals surface area (Å²) in [5.74, 6) is -2.83. The van der Waals surface area contributed by atoms with E-state index in [1.54, 1.807) is 0 Å². The molecule has 13 heteroatoms. The van der Waals surface area contributed by atoms with Gasteiger partial charge < -0.3 is 0 Å². The third kappa shape index (κ3) is 6.90. The number of amides is 2. The molecule has 0 N–H and O–H groups in total. The number of carbonyl (C=O) groups excluding carboxylic acids is 2. The number of hydroxylamine groups is 2. The van der Waals surface area contributed by atoms with E-state index >= 15 is 0 Å². The van der Waals surface area contributed by atoms with Crippen LogP contribution in [-0.2, 0) is 31.5 Å². The Morgan fingerprint density at radius 1 is 0.914 bits per heavy atom. The van der Waals surface area contributed by atoms with Gasteiger partial charge in [0.25, 0.3) is 11.8 Å². The zero-order valence-electron chi connectivity index (χ0n) is 17.4. The SMILES string of the molecule is C=C/C=C\C(=C)C(=O)N(OS(=O)(=O)c1cc(C(F)(F)F)cc(C(F)(F)F)c1)C(=O)c1ccccc1. The van der Waals surface area contributed by atoms with Crippen LogP contribution in [-0.4, -0.2) is 25.3 Å². The topological polar surface area (TPSA) is 80.8 Å². The van der Waals surface area contributed by atoms with E-state index in [4.69, 9.17) is 0 Å². The molecule has 0 aliphatic heterocycles. The van der Waals surface area contributed by atoms with Gasteiger partial charge in [-0.2, -0.15) is 34.8 Å². The number of halogens is 6. The number of alkyl halides is 6. The molecular formula is C22H15F6NO5S. The number of carbonyl (C=O) groups is 2. The Labute approximate surface area is 195 Å². The number of hydrogen-bond acceptors (Lipinski definition) is 5. The lowest BCUT2D eigenvalue weighted by atomic mass is 10.1. The van der Waals surface area contributed by atoms with E-state index in [2.05, 4.69) is 17.4 Å². The van der Waals surface area contributed by atoms with Gasteiger partial charge in [-0.05, 0) is 36.4 Å². The van der Waals surface area contributed by atoms with Crippen molar-refractivity contribution < 1.29 is 48.6 Å². The lowest BCUT2D eigenvalue weighted by Crippen LogP contribution is -2.39. The minimum absolute atomic E-state index is 0.118. The van der Waals surface area contributed by atoms with Gasteiger partial charge in [0.2, 0.25) is 0 Å². The van der Waals surface area contributed by atoms with Gasteiger partial charge in [0.15, 0.2) is 0 Å². The Morgan fingerprint density at radius 2 is 1.43 bits per heavy atom. The molecule has 0 saturated carbocycles. The minimum atomic E-state index is -5.58. The Kier molecular flexibility index (Phi) is 8.08. The predicted octanol–water partition coefficient (Wildman–Crippen LogP) is 5.31. The quantitative estimate of drug-likeness (QED) is 0.214. The maximum Gasteiger partial charge on any atom is 0.416 e. The number of benzene rings is 2. The molecule has 0 unspecified atom stereocenters. The van der Waals surface area contributed by atoms with Crippen LogP contribution in [0.25, 0.3) is 0 Å². The fourth-order valence-corrected chi connectivity index (χ4v) is 3.42. The molecule has 0 heterocycles. The van der Waals surface area contributed by atoms with Crippen LogP contribution in [0.15, 0.2) is 90.4 Å². The summed E-state index contributed by atoms with van der Waals surface area (Å²) in [6.45, 7) is 6.68. The molecule has 0 aromatic heterocycles. The second kappa shape index (κ2) is 10.3. The first kappa shape index (κ1) is 27.5. The summed E-state index contributed by atoms with van der Waals surface area (Å²) < 4.78 is 109. The highest BCUT2D eigenvalue weighted by atomic mass is 32.2. The van der Waals surface area contributed by atoms with Crippen molar-refractivity contribution in [3.63, 3.8) is 0 Å². The Balaban J connectivity index is 2.63. The van der Waals surface area contributed by atoms with E-state index in [0.717, 1.165) is 18.2 Å². The van der Waals surface area contributed by atoms with Gasteiger partial charge in [-0.3, -0.25) is 9.59 Å². The molecule has 0 fully saturated rings. The molecule has 2 amide bonds. The average Bonchev–Trinajstić information content (AvgIpc) is 2.79. The van der Waals surface area contributed by atoms with Crippen LogP contribution in [0.3, 0.4) is 0 Å². The third-order valence-corrected chi connectivity index (χ3v) is 5.28. The van der Waals surface area contributed by atoms with Crippen molar-refractivity contribution in [1.82, 2.24) is 5.06 Å². The van der Waals surface area contributed by atoms with Crippen molar-refractivity contribution in [1.29, 1.82) is 0 Å². The highest BCUT2D eigenvalue weighted by Gasteiger charge is 2.40. The van der Waals surface area contributed by atoms with Crippen LogP contribution < -0.4 is 0 Å².